The van der Waals surface area contributed by atoms with Gasteiger partial charge in [-0.05, 0) is 23.8 Å². The zero-order valence-corrected chi connectivity index (χ0v) is 9.28. The fraction of sp³-hybridized carbons (Fsp3) is 0.0909. The Labute approximate surface area is 95.8 Å². The second kappa shape index (κ2) is 4.31. The number of hydrogen-bond donors (Lipinski definition) is 1. The summed E-state index contributed by atoms with van der Waals surface area (Å²) in [7, 11) is 0. The van der Waals surface area contributed by atoms with E-state index < -0.39 is 0 Å². The van der Waals surface area contributed by atoms with Crippen LogP contribution in [0.2, 0.25) is 5.02 Å². The molecule has 0 aliphatic carbocycles. The van der Waals surface area contributed by atoms with Crippen molar-refractivity contribution in [3.8, 4) is 11.1 Å². The fourth-order valence-electron chi connectivity index (χ4n) is 1.39. The zero-order valence-electron chi connectivity index (χ0n) is 7.71. The van der Waals surface area contributed by atoms with Gasteiger partial charge in [0.25, 0.3) is 0 Å². The van der Waals surface area contributed by atoms with Gasteiger partial charge in [-0.15, -0.1) is 11.3 Å². The highest BCUT2D eigenvalue weighted by Gasteiger charge is 2.09. The summed E-state index contributed by atoms with van der Waals surface area (Å²) in [6, 6.07) is 8.53. The van der Waals surface area contributed by atoms with Gasteiger partial charge in [0.05, 0.1) is 6.61 Å². The third kappa shape index (κ3) is 2.20. The van der Waals surface area contributed by atoms with E-state index in [9.17, 15) is 4.39 Å². The standard InChI is InChI=1S/C11H8ClFOS/c12-8-3-1-7(2-4-8)9-5-11(13)15-10(9)6-14/h1-5,14H,6H2. The number of hydrogen-bond acceptors (Lipinski definition) is 2. The van der Waals surface area contributed by atoms with Crippen molar-refractivity contribution >= 4 is 22.9 Å². The number of thiophene rings is 1. The van der Waals surface area contributed by atoms with Crippen molar-refractivity contribution in [1.29, 1.82) is 0 Å². The topological polar surface area (TPSA) is 20.2 Å². The highest BCUT2D eigenvalue weighted by atomic mass is 35.5. The first-order valence-corrected chi connectivity index (χ1v) is 5.55. The molecule has 0 radical (unpaired) electrons. The van der Waals surface area contributed by atoms with Crippen LogP contribution in [0.3, 0.4) is 0 Å². The number of rotatable bonds is 2. The van der Waals surface area contributed by atoms with Crippen LogP contribution in [0.15, 0.2) is 30.3 Å². The summed E-state index contributed by atoms with van der Waals surface area (Å²) in [6.07, 6.45) is 0. The van der Waals surface area contributed by atoms with E-state index in [0.29, 0.717) is 9.90 Å². The van der Waals surface area contributed by atoms with Crippen molar-refractivity contribution < 1.29 is 9.50 Å². The molecule has 1 N–H and O–H groups in total. The summed E-state index contributed by atoms with van der Waals surface area (Å²) in [5, 5.41) is 9.42. The van der Waals surface area contributed by atoms with Gasteiger partial charge < -0.3 is 5.11 Å². The average molecular weight is 243 g/mol. The Morgan fingerprint density at radius 2 is 1.93 bits per heavy atom. The van der Waals surface area contributed by atoms with Gasteiger partial charge in [-0.25, -0.2) is 0 Å². The van der Waals surface area contributed by atoms with Gasteiger partial charge in [-0.2, -0.15) is 4.39 Å². The van der Waals surface area contributed by atoms with Crippen molar-refractivity contribution in [3.63, 3.8) is 0 Å². The zero-order chi connectivity index (χ0) is 10.8. The van der Waals surface area contributed by atoms with Crippen LogP contribution < -0.4 is 0 Å². The summed E-state index contributed by atoms with van der Waals surface area (Å²) in [5.41, 5.74) is 1.60. The van der Waals surface area contributed by atoms with E-state index >= 15 is 0 Å². The molecule has 2 aromatic rings. The maximum atomic E-state index is 13.0. The van der Waals surface area contributed by atoms with Gasteiger partial charge >= 0.3 is 0 Å². The summed E-state index contributed by atoms with van der Waals surface area (Å²) < 4.78 is 13.0. The number of aliphatic hydroxyl groups is 1. The molecule has 1 aromatic heterocycles. The lowest BCUT2D eigenvalue weighted by molar-refractivity contribution is 0.286. The van der Waals surface area contributed by atoms with Gasteiger partial charge in [0.1, 0.15) is 0 Å². The van der Waals surface area contributed by atoms with Crippen LogP contribution >= 0.6 is 22.9 Å². The number of aliphatic hydroxyl groups excluding tert-OH is 1. The molecule has 0 bridgehead atoms. The van der Waals surface area contributed by atoms with Gasteiger partial charge in [-0.1, -0.05) is 23.7 Å². The van der Waals surface area contributed by atoms with E-state index in [4.69, 9.17) is 16.7 Å². The average Bonchev–Trinajstić information content (AvgIpc) is 2.61. The summed E-state index contributed by atoms with van der Waals surface area (Å²) in [4.78, 5) is 0.634. The number of halogens is 2. The van der Waals surface area contributed by atoms with Crippen LogP contribution in [0, 0.1) is 5.13 Å². The molecule has 0 atom stereocenters. The fourth-order valence-corrected chi connectivity index (χ4v) is 2.28. The highest BCUT2D eigenvalue weighted by molar-refractivity contribution is 7.10. The molecule has 15 heavy (non-hydrogen) atoms. The molecule has 78 valence electrons. The van der Waals surface area contributed by atoms with Crippen molar-refractivity contribution in [2.75, 3.05) is 0 Å². The van der Waals surface area contributed by atoms with E-state index in [-0.39, 0.29) is 11.7 Å². The molecular formula is C11H8ClFOS. The first-order chi connectivity index (χ1) is 7.20. The van der Waals surface area contributed by atoms with E-state index in [1.807, 2.05) is 12.1 Å². The van der Waals surface area contributed by atoms with Crippen molar-refractivity contribution in [2.24, 2.45) is 0 Å². The number of benzene rings is 1. The lowest BCUT2D eigenvalue weighted by Gasteiger charge is -2.00. The lowest BCUT2D eigenvalue weighted by Crippen LogP contribution is -1.81. The van der Waals surface area contributed by atoms with Crippen LogP contribution in [0.1, 0.15) is 4.88 Å². The maximum absolute atomic E-state index is 13.0. The first kappa shape index (κ1) is 10.6. The van der Waals surface area contributed by atoms with E-state index in [0.717, 1.165) is 22.5 Å². The first-order valence-electron chi connectivity index (χ1n) is 4.35. The molecule has 0 saturated heterocycles. The second-order valence-electron chi connectivity index (χ2n) is 3.05. The Hall–Kier alpha value is -0.900. The van der Waals surface area contributed by atoms with Crippen LogP contribution in [-0.2, 0) is 6.61 Å². The van der Waals surface area contributed by atoms with Gasteiger partial charge in [0, 0.05) is 15.5 Å². The molecule has 1 nitrogen and oxygen atoms in total. The monoisotopic (exact) mass is 242 g/mol. The van der Waals surface area contributed by atoms with E-state index in [1.165, 1.54) is 6.07 Å². The Bertz CT molecular complexity index is 464. The minimum absolute atomic E-state index is 0.146. The lowest BCUT2D eigenvalue weighted by atomic mass is 10.1. The summed E-state index contributed by atoms with van der Waals surface area (Å²) in [5.74, 6) is 0. The van der Waals surface area contributed by atoms with Gasteiger partial charge in [-0.3, -0.25) is 0 Å². The Kier molecular flexibility index (Phi) is 3.05. The highest BCUT2D eigenvalue weighted by Crippen LogP contribution is 2.31. The molecule has 0 aliphatic rings. The molecule has 0 amide bonds. The molecule has 0 fully saturated rings. The molecular weight excluding hydrogens is 235 g/mol. The quantitative estimate of drug-likeness (QED) is 0.851. The summed E-state index contributed by atoms with van der Waals surface area (Å²) in [6.45, 7) is -0.146. The van der Waals surface area contributed by atoms with Crippen molar-refractivity contribution in [2.45, 2.75) is 6.61 Å². The van der Waals surface area contributed by atoms with Gasteiger partial charge in [0.2, 0.25) is 0 Å². The predicted octanol–water partition coefficient (Wildman–Crippen LogP) is 3.70. The smallest absolute Gasteiger partial charge is 0.177 e. The van der Waals surface area contributed by atoms with Crippen molar-refractivity contribution in [1.82, 2.24) is 0 Å². The Balaban J connectivity index is 2.48. The predicted molar refractivity (Wildman–Crippen MR) is 60.6 cm³/mol. The summed E-state index contributed by atoms with van der Waals surface area (Å²) >= 11 is 6.72. The minimum atomic E-state index is -0.288. The normalized spacial score (nSPS) is 10.6. The molecule has 2 rings (SSSR count). The largest absolute Gasteiger partial charge is 0.391 e. The van der Waals surface area contributed by atoms with Gasteiger partial charge in [0.15, 0.2) is 5.13 Å². The third-order valence-electron chi connectivity index (χ3n) is 2.08. The molecule has 1 aromatic carbocycles. The molecule has 0 unspecified atom stereocenters. The van der Waals surface area contributed by atoms with Crippen LogP contribution in [0.5, 0.6) is 0 Å². The second-order valence-corrected chi connectivity index (χ2v) is 4.58. The molecule has 4 heteroatoms. The molecule has 0 saturated carbocycles. The third-order valence-corrected chi connectivity index (χ3v) is 3.24. The van der Waals surface area contributed by atoms with E-state index in [1.54, 1.807) is 12.1 Å². The molecule has 1 heterocycles. The van der Waals surface area contributed by atoms with Crippen LogP contribution in [0.4, 0.5) is 4.39 Å². The van der Waals surface area contributed by atoms with Crippen LogP contribution in [0.25, 0.3) is 11.1 Å². The Morgan fingerprint density at radius 3 is 2.53 bits per heavy atom. The van der Waals surface area contributed by atoms with Crippen LogP contribution in [-0.4, -0.2) is 5.11 Å². The molecule has 0 spiro atoms. The maximum Gasteiger partial charge on any atom is 0.177 e. The molecule has 0 aliphatic heterocycles. The van der Waals surface area contributed by atoms with E-state index in [2.05, 4.69) is 0 Å². The Morgan fingerprint density at radius 1 is 1.27 bits per heavy atom. The van der Waals surface area contributed by atoms with Crippen molar-refractivity contribution in [3.05, 3.63) is 45.4 Å². The SMILES string of the molecule is OCc1sc(F)cc1-c1ccc(Cl)cc1. The minimum Gasteiger partial charge on any atom is -0.391 e.